The number of thiazole rings is 1. The maximum absolute atomic E-state index is 11.7. The van der Waals surface area contributed by atoms with Crippen LogP contribution in [0.5, 0.6) is 0 Å². The van der Waals surface area contributed by atoms with Gasteiger partial charge in [0, 0.05) is 31.0 Å². The van der Waals surface area contributed by atoms with Crippen LogP contribution in [0.2, 0.25) is 0 Å². The molecule has 1 atom stereocenters. The van der Waals surface area contributed by atoms with Gasteiger partial charge in [-0.05, 0) is 6.92 Å². The molecule has 0 spiro atoms. The molecule has 0 amide bonds. The Morgan fingerprint density at radius 2 is 2.25 bits per heavy atom. The number of hydrogen-bond donors (Lipinski definition) is 1. The third-order valence-corrected chi connectivity index (χ3v) is 3.15. The molecule has 0 aliphatic rings. The van der Waals surface area contributed by atoms with E-state index in [4.69, 9.17) is 0 Å². The summed E-state index contributed by atoms with van der Waals surface area (Å²) in [6.07, 6.45) is 4.97. The molecule has 16 heavy (non-hydrogen) atoms. The second kappa shape index (κ2) is 4.44. The molecule has 0 saturated carbocycles. The van der Waals surface area contributed by atoms with Gasteiger partial charge in [-0.15, -0.1) is 11.3 Å². The Morgan fingerprint density at radius 1 is 1.44 bits per heavy atom. The maximum Gasteiger partial charge on any atom is 0.293 e. The van der Waals surface area contributed by atoms with Crippen LogP contribution in [0.3, 0.4) is 0 Å². The molecule has 0 bridgehead atoms. The molecule has 84 valence electrons. The topological polar surface area (TPSA) is 59.8 Å². The van der Waals surface area contributed by atoms with Gasteiger partial charge in [-0.3, -0.25) is 4.79 Å². The molecule has 2 heterocycles. The third kappa shape index (κ3) is 2.11. The van der Waals surface area contributed by atoms with Crippen LogP contribution in [0.4, 0.5) is 5.82 Å². The number of anilines is 1. The van der Waals surface area contributed by atoms with Gasteiger partial charge in [-0.25, -0.2) is 9.97 Å². The van der Waals surface area contributed by atoms with Crippen molar-refractivity contribution in [3.8, 4) is 0 Å². The fourth-order valence-corrected chi connectivity index (χ4v) is 1.96. The zero-order valence-corrected chi connectivity index (χ0v) is 9.86. The van der Waals surface area contributed by atoms with Crippen LogP contribution in [-0.4, -0.2) is 14.5 Å². The van der Waals surface area contributed by atoms with E-state index in [0.29, 0.717) is 5.82 Å². The highest BCUT2D eigenvalue weighted by atomic mass is 32.1. The van der Waals surface area contributed by atoms with Crippen molar-refractivity contribution in [1.82, 2.24) is 14.5 Å². The largest absolute Gasteiger partial charge is 0.357 e. The van der Waals surface area contributed by atoms with Crippen molar-refractivity contribution in [2.75, 3.05) is 5.32 Å². The van der Waals surface area contributed by atoms with Gasteiger partial charge in [0.05, 0.1) is 6.04 Å². The minimum absolute atomic E-state index is 0.0115. The first kappa shape index (κ1) is 10.8. The zero-order chi connectivity index (χ0) is 11.5. The molecule has 0 radical (unpaired) electrons. The van der Waals surface area contributed by atoms with Crippen LogP contribution in [-0.2, 0) is 7.05 Å². The Morgan fingerprint density at radius 3 is 2.94 bits per heavy atom. The predicted octanol–water partition coefficient (Wildman–Crippen LogP) is 1.41. The van der Waals surface area contributed by atoms with E-state index in [9.17, 15) is 4.79 Å². The quantitative estimate of drug-likeness (QED) is 0.875. The molecule has 2 aromatic heterocycles. The molecule has 2 aromatic rings. The summed E-state index contributed by atoms with van der Waals surface area (Å²) >= 11 is 1.55. The number of hydrogen-bond acceptors (Lipinski definition) is 5. The van der Waals surface area contributed by atoms with Crippen molar-refractivity contribution in [1.29, 1.82) is 0 Å². The molecule has 0 saturated heterocycles. The normalized spacial score (nSPS) is 12.4. The van der Waals surface area contributed by atoms with Crippen molar-refractivity contribution in [3.63, 3.8) is 0 Å². The fraction of sp³-hybridized carbons (Fsp3) is 0.300. The van der Waals surface area contributed by atoms with Gasteiger partial charge in [-0.1, -0.05) is 0 Å². The number of rotatable bonds is 3. The molecule has 0 aromatic carbocycles. The summed E-state index contributed by atoms with van der Waals surface area (Å²) in [5, 5.41) is 5.90. The van der Waals surface area contributed by atoms with Gasteiger partial charge in [0.25, 0.3) is 5.56 Å². The summed E-state index contributed by atoms with van der Waals surface area (Å²) in [4.78, 5) is 19.9. The van der Waals surface area contributed by atoms with Crippen LogP contribution in [0, 0.1) is 0 Å². The van der Waals surface area contributed by atoms with Crippen molar-refractivity contribution in [2.45, 2.75) is 13.0 Å². The lowest BCUT2D eigenvalue weighted by atomic mass is 10.3. The second-order valence-corrected chi connectivity index (χ2v) is 4.35. The van der Waals surface area contributed by atoms with Gasteiger partial charge < -0.3 is 9.88 Å². The minimum atomic E-state index is -0.133. The summed E-state index contributed by atoms with van der Waals surface area (Å²) in [7, 11) is 1.70. The SMILES string of the molecule is CC(Nc1nccn(C)c1=O)c1nccs1. The first-order chi connectivity index (χ1) is 7.68. The molecular weight excluding hydrogens is 224 g/mol. The molecule has 5 nitrogen and oxygen atoms in total. The summed E-state index contributed by atoms with van der Waals surface area (Å²) in [5.41, 5.74) is -0.133. The van der Waals surface area contributed by atoms with Gasteiger partial charge in [0.1, 0.15) is 5.01 Å². The van der Waals surface area contributed by atoms with E-state index >= 15 is 0 Å². The number of nitrogens with zero attached hydrogens (tertiary/aromatic N) is 3. The van der Waals surface area contributed by atoms with Crippen LogP contribution in [0.25, 0.3) is 0 Å². The zero-order valence-electron chi connectivity index (χ0n) is 9.04. The minimum Gasteiger partial charge on any atom is -0.357 e. The van der Waals surface area contributed by atoms with Crippen molar-refractivity contribution in [2.24, 2.45) is 7.05 Å². The summed E-state index contributed by atoms with van der Waals surface area (Å²) in [6, 6.07) is -0.0115. The molecule has 0 fully saturated rings. The highest BCUT2D eigenvalue weighted by Crippen LogP contribution is 2.17. The van der Waals surface area contributed by atoms with E-state index in [-0.39, 0.29) is 11.6 Å². The summed E-state index contributed by atoms with van der Waals surface area (Å²) in [6.45, 7) is 1.95. The van der Waals surface area contributed by atoms with Gasteiger partial charge in [-0.2, -0.15) is 0 Å². The molecule has 1 unspecified atom stereocenters. The number of aromatic nitrogens is 3. The molecule has 0 aliphatic heterocycles. The van der Waals surface area contributed by atoms with Gasteiger partial charge in [0.15, 0.2) is 5.82 Å². The predicted molar refractivity (Wildman–Crippen MR) is 63.6 cm³/mol. The smallest absolute Gasteiger partial charge is 0.293 e. The molecule has 2 rings (SSSR count). The van der Waals surface area contributed by atoms with Crippen LogP contribution < -0.4 is 10.9 Å². The fourth-order valence-electron chi connectivity index (χ4n) is 1.31. The van der Waals surface area contributed by atoms with E-state index in [0.717, 1.165) is 5.01 Å². The molecule has 0 aliphatic carbocycles. The van der Waals surface area contributed by atoms with E-state index in [1.807, 2.05) is 12.3 Å². The number of aryl methyl sites for hydroxylation is 1. The lowest BCUT2D eigenvalue weighted by Crippen LogP contribution is -2.23. The van der Waals surface area contributed by atoms with Crippen LogP contribution in [0.15, 0.2) is 28.8 Å². The Balaban J connectivity index is 2.22. The van der Waals surface area contributed by atoms with Crippen molar-refractivity contribution < 1.29 is 0 Å². The van der Waals surface area contributed by atoms with E-state index in [1.54, 1.807) is 37.0 Å². The second-order valence-electron chi connectivity index (χ2n) is 3.43. The molecule has 1 N–H and O–H groups in total. The van der Waals surface area contributed by atoms with Crippen LogP contribution >= 0.6 is 11.3 Å². The van der Waals surface area contributed by atoms with Gasteiger partial charge in [0.2, 0.25) is 0 Å². The van der Waals surface area contributed by atoms with E-state index in [2.05, 4.69) is 15.3 Å². The third-order valence-electron chi connectivity index (χ3n) is 2.19. The van der Waals surface area contributed by atoms with Gasteiger partial charge >= 0.3 is 0 Å². The Labute approximate surface area is 96.8 Å². The first-order valence-electron chi connectivity index (χ1n) is 4.86. The monoisotopic (exact) mass is 236 g/mol. The average molecular weight is 236 g/mol. The summed E-state index contributed by atoms with van der Waals surface area (Å²) in [5.74, 6) is 0.354. The Bertz CT molecular complexity index is 520. The summed E-state index contributed by atoms with van der Waals surface area (Å²) < 4.78 is 1.49. The molecule has 6 heteroatoms. The number of nitrogens with one attached hydrogen (secondary N) is 1. The van der Waals surface area contributed by atoms with Crippen molar-refractivity contribution in [3.05, 3.63) is 39.3 Å². The Hall–Kier alpha value is -1.69. The van der Waals surface area contributed by atoms with E-state index in [1.165, 1.54) is 4.57 Å². The highest BCUT2D eigenvalue weighted by molar-refractivity contribution is 7.09. The maximum atomic E-state index is 11.7. The Kier molecular flexibility index (Phi) is 3.00. The first-order valence-corrected chi connectivity index (χ1v) is 5.74. The van der Waals surface area contributed by atoms with Crippen molar-refractivity contribution >= 4 is 17.2 Å². The van der Waals surface area contributed by atoms with E-state index < -0.39 is 0 Å². The average Bonchev–Trinajstić information content (AvgIpc) is 2.78. The van der Waals surface area contributed by atoms with Crippen LogP contribution in [0.1, 0.15) is 18.0 Å². The lowest BCUT2D eigenvalue weighted by molar-refractivity contribution is 0.809. The lowest BCUT2D eigenvalue weighted by Gasteiger charge is -2.11. The standard InChI is InChI=1S/C10H12N4OS/c1-7(9-12-4-6-16-9)13-8-10(15)14(2)5-3-11-8/h3-7H,1-2H3,(H,11,13). The molecular formula is C10H12N4OS. The highest BCUT2D eigenvalue weighted by Gasteiger charge is 2.10.